The summed E-state index contributed by atoms with van der Waals surface area (Å²) in [5.74, 6) is 0.962. The predicted molar refractivity (Wildman–Crippen MR) is 117 cm³/mol. The van der Waals surface area contributed by atoms with Gasteiger partial charge in [0.05, 0.1) is 0 Å². The number of amides is 1. The lowest BCUT2D eigenvalue weighted by Gasteiger charge is -2.42. The molecule has 0 bridgehead atoms. The molecule has 1 atom stereocenters. The summed E-state index contributed by atoms with van der Waals surface area (Å²) in [5.41, 5.74) is 8.08. The van der Waals surface area contributed by atoms with E-state index in [2.05, 4.69) is 13.8 Å². The summed E-state index contributed by atoms with van der Waals surface area (Å²) in [6, 6.07) is 15.9. The van der Waals surface area contributed by atoms with Crippen molar-refractivity contribution < 1.29 is 4.79 Å². The molecule has 3 rings (SSSR count). The molecule has 2 aromatic carbocycles. The minimum absolute atomic E-state index is 0. The first-order valence-electron chi connectivity index (χ1n) is 8.87. The quantitative estimate of drug-likeness (QED) is 0.681. The van der Waals surface area contributed by atoms with E-state index in [-0.39, 0.29) is 29.8 Å². The third kappa shape index (κ3) is 5.64. The molecule has 1 unspecified atom stereocenters. The molecule has 1 aliphatic rings. The van der Waals surface area contributed by atoms with Crippen molar-refractivity contribution in [2.24, 2.45) is 11.1 Å². The first-order chi connectivity index (χ1) is 12.3. The maximum atomic E-state index is 12.8. The molecule has 0 aliphatic carbocycles. The smallest absolute Gasteiger partial charge is 0.253 e. The molecule has 0 radical (unpaired) electrons. The molecule has 1 amide bonds. The van der Waals surface area contributed by atoms with Gasteiger partial charge < -0.3 is 10.6 Å². The fourth-order valence-corrected chi connectivity index (χ4v) is 4.15. The molecule has 27 heavy (non-hydrogen) atoms. The Kier molecular flexibility index (Phi) is 7.64. The van der Waals surface area contributed by atoms with Gasteiger partial charge in [0.1, 0.15) is 0 Å². The Morgan fingerprint density at radius 2 is 1.81 bits per heavy atom. The van der Waals surface area contributed by atoms with Crippen LogP contribution < -0.4 is 5.73 Å². The van der Waals surface area contributed by atoms with E-state index in [4.69, 9.17) is 17.3 Å². The minimum Gasteiger partial charge on any atom is -0.338 e. The van der Waals surface area contributed by atoms with Gasteiger partial charge in [0.25, 0.3) is 5.91 Å². The van der Waals surface area contributed by atoms with Crippen LogP contribution >= 0.6 is 35.8 Å². The van der Waals surface area contributed by atoms with Gasteiger partial charge in [-0.15, -0.1) is 24.2 Å². The Balaban J connectivity index is 0.00000261. The second-order valence-corrected chi connectivity index (χ2v) is 9.04. The van der Waals surface area contributed by atoms with Gasteiger partial charge in [0, 0.05) is 40.4 Å². The Bertz CT molecular complexity index is 763. The number of carbonyl (C=O) groups is 1. The largest absolute Gasteiger partial charge is 0.338 e. The van der Waals surface area contributed by atoms with E-state index in [9.17, 15) is 4.79 Å². The van der Waals surface area contributed by atoms with Crippen molar-refractivity contribution in [3.63, 3.8) is 0 Å². The van der Waals surface area contributed by atoms with Crippen molar-refractivity contribution >= 4 is 41.7 Å². The zero-order valence-corrected chi connectivity index (χ0v) is 18.0. The zero-order chi connectivity index (χ0) is 18.7. The van der Waals surface area contributed by atoms with Crippen LogP contribution in [0.25, 0.3) is 0 Å². The molecule has 146 valence electrons. The molecule has 6 heteroatoms. The van der Waals surface area contributed by atoms with Crippen LogP contribution in [0, 0.1) is 5.41 Å². The lowest BCUT2D eigenvalue weighted by atomic mass is 9.79. The maximum Gasteiger partial charge on any atom is 0.253 e. The molecule has 1 saturated heterocycles. The lowest BCUT2D eigenvalue weighted by molar-refractivity contribution is 0.0533. The van der Waals surface area contributed by atoms with Crippen molar-refractivity contribution in [1.29, 1.82) is 0 Å². The number of hydrogen-bond acceptors (Lipinski definition) is 3. The number of likely N-dealkylation sites (tertiary alicyclic amines) is 1. The van der Waals surface area contributed by atoms with Crippen LogP contribution in [0.4, 0.5) is 0 Å². The van der Waals surface area contributed by atoms with Gasteiger partial charge in [0.15, 0.2) is 0 Å². The minimum atomic E-state index is -0.0386. The summed E-state index contributed by atoms with van der Waals surface area (Å²) in [6.45, 7) is 5.71. The highest BCUT2D eigenvalue weighted by molar-refractivity contribution is 7.98. The van der Waals surface area contributed by atoms with E-state index in [1.54, 1.807) is 11.8 Å². The maximum absolute atomic E-state index is 12.8. The molecule has 0 saturated carbocycles. The summed E-state index contributed by atoms with van der Waals surface area (Å²) in [5, 5.41) is 0.749. The van der Waals surface area contributed by atoms with E-state index < -0.39 is 0 Å². The second kappa shape index (κ2) is 9.33. The van der Waals surface area contributed by atoms with Gasteiger partial charge in [-0.3, -0.25) is 4.79 Å². The molecular formula is C21H26Cl2N2OS. The van der Waals surface area contributed by atoms with Crippen LogP contribution in [-0.4, -0.2) is 29.9 Å². The number of hydrogen-bond donors (Lipinski definition) is 1. The summed E-state index contributed by atoms with van der Waals surface area (Å²) in [7, 11) is 0. The molecule has 1 aliphatic heterocycles. The lowest BCUT2D eigenvalue weighted by Crippen LogP contribution is -2.53. The highest BCUT2D eigenvalue weighted by Gasteiger charge is 2.35. The molecule has 1 heterocycles. The monoisotopic (exact) mass is 424 g/mol. The summed E-state index contributed by atoms with van der Waals surface area (Å²) in [4.78, 5) is 15.9. The van der Waals surface area contributed by atoms with Gasteiger partial charge in [-0.25, -0.2) is 0 Å². The number of nitrogens with two attached hydrogens (primary N) is 1. The zero-order valence-electron chi connectivity index (χ0n) is 15.7. The highest BCUT2D eigenvalue weighted by Crippen LogP contribution is 2.29. The van der Waals surface area contributed by atoms with Gasteiger partial charge in [-0.1, -0.05) is 37.6 Å². The third-order valence-electron chi connectivity index (χ3n) is 5.02. The Morgan fingerprint density at radius 1 is 1.19 bits per heavy atom. The highest BCUT2D eigenvalue weighted by atomic mass is 35.5. The van der Waals surface area contributed by atoms with Crippen LogP contribution in [0.15, 0.2) is 53.4 Å². The van der Waals surface area contributed by atoms with Crippen LogP contribution in [0.2, 0.25) is 5.02 Å². The van der Waals surface area contributed by atoms with Crippen molar-refractivity contribution in [2.45, 2.75) is 37.0 Å². The van der Waals surface area contributed by atoms with Gasteiger partial charge in [-0.05, 0) is 53.8 Å². The van der Waals surface area contributed by atoms with Crippen molar-refractivity contribution in [3.05, 3.63) is 64.7 Å². The Labute approximate surface area is 177 Å². The number of rotatable bonds is 4. The normalized spacial score (nSPS) is 18.7. The van der Waals surface area contributed by atoms with Crippen molar-refractivity contribution in [3.8, 4) is 0 Å². The second-order valence-electron chi connectivity index (χ2n) is 7.55. The number of benzene rings is 2. The van der Waals surface area contributed by atoms with E-state index >= 15 is 0 Å². The molecule has 3 nitrogen and oxygen atoms in total. The molecule has 2 N–H and O–H groups in total. The SMILES string of the molecule is CC1(C)CN(C(=O)c2ccc(CSc3ccc(Cl)cc3)cc2)CCC1N.Cl. The summed E-state index contributed by atoms with van der Waals surface area (Å²) < 4.78 is 0. The fourth-order valence-electron chi connectivity index (χ4n) is 3.17. The van der Waals surface area contributed by atoms with E-state index in [0.29, 0.717) is 6.54 Å². The molecular weight excluding hydrogens is 399 g/mol. The first-order valence-corrected chi connectivity index (χ1v) is 10.2. The standard InChI is InChI=1S/C21H25ClN2OS.ClH/c1-21(2)14-24(12-11-19(21)23)20(25)16-5-3-15(4-6-16)13-26-18-9-7-17(22)8-10-18;/h3-10,19H,11-14,23H2,1-2H3;1H. The number of piperidine rings is 1. The fraction of sp³-hybridized carbons (Fsp3) is 0.381. The van der Waals surface area contributed by atoms with Crippen LogP contribution in [-0.2, 0) is 5.75 Å². The molecule has 0 spiro atoms. The average Bonchev–Trinajstić information content (AvgIpc) is 2.63. The topological polar surface area (TPSA) is 46.3 Å². The average molecular weight is 425 g/mol. The predicted octanol–water partition coefficient (Wildman–Crippen LogP) is 5.25. The Hall–Kier alpha value is -1.20. The van der Waals surface area contributed by atoms with Crippen molar-refractivity contribution in [1.82, 2.24) is 4.90 Å². The van der Waals surface area contributed by atoms with E-state index in [0.717, 1.165) is 29.3 Å². The number of halogens is 2. The van der Waals surface area contributed by atoms with Crippen LogP contribution in [0.3, 0.4) is 0 Å². The molecule has 1 fully saturated rings. The van der Waals surface area contributed by atoms with E-state index in [1.807, 2.05) is 53.4 Å². The van der Waals surface area contributed by atoms with Gasteiger partial charge in [0.2, 0.25) is 0 Å². The third-order valence-corrected chi connectivity index (χ3v) is 6.35. The number of nitrogens with zero attached hydrogens (tertiary/aromatic N) is 1. The summed E-state index contributed by atoms with van der Waals surface area (Å²) in [6.07, 6.45) is 0.856. The molecule has 0 aromatic heterocycles. The van der Waals surface area contributed by atoms with Crippen molar-refractivity contribution in [2.75, 3.05) is 13.1 Å². The number of carbonyl (C=O) groups excluding carboxylic acids is 1. The first kappa shape index (κ1) is 22.1. The van der Waals surface area contributed by atoms with Gasteiger partial charge in [-0.2, -0.15) is 0 Å². The Morgan fingerprint density at radius 3 is 2.41 bits per heavy atom. The van der Waals surface area contributed by atoms with Crippen LogP contribution in [0.1, 0.15) is 36.2 Å². The molecule has 2 aromatic rings. The summed E-state index contributed by atoms with van der Waals surface area (Å²) >= 11 is 7.67. The van der Waals surface area contributed by atoms with Crippen LogP contribution in [0.5, 0.6) is 0 Å². The number of thioether (sulfide) groups is 1. The van der Waals surface area contributed by atoms with E-state index in [1.165, 1.54) is 10.5 Å². The van der Waals surface area contributed by atoms with Gasteiger partial charge >= 0.3 is 0 Å².